The zero-order valence-electron chi connectivity index (χ0n) is 10.7. The van der Waals surface area contributed by atoms with Crippen LogP contribution in [-0.2, 0) is 9.59 Å². The Morgan fingerprint density at radius 2 is 1.83 bits per heavy atom. The van der Waals surface area contributed by atoms with Crippen molar-refractivity contribution in [1.29, 1.82) is 0 Å². The van der Waals surface area contributed by atoms with E-state index in [9.17, 15) is 14.4 Å². The van der Waals surface area contributed by atoms with Crippen molar-refractivity contribution < 1.29 is 19.5 Å². The molecule has 0 spiro atoms. The predicted octanol–water partition coefficient (Wildman–Crippen LogP) is 0.0504. The first-order chi connectivity index (χ1) is 8.34. The Balaban J connectivity index is 3.82. The lowest BCUT2D eigenvalue weighted by molar-refractivity contribution is -0.140. The molecule has 0 rings (SSSR count). The highest BCUT2D eigenvalue weighted by Gasteiger charge is 2.22. The van der Waals surface area contributed by atoms with Gasteiger partial charge in [0.2, 0.25) is 5.91 Å². The first kappa shape index (κ1) is 16.2. The molecule has 18 heavy (non-hydrogen) atoms. The lowest BCUT2D eigenvalue weighted by Gasteiger charge is -2.18. The van der Waals surface area contributed by atoms with Crippen molar-refractivity contribution in [1.82, 2.24) is 10.6 Å². The number of primary amides is 1. The largest absolute Gasteiger partial charge is 0.480 e. The monoisotopic (exact) mass is 259 g/mol. The quantitative estimate of drug-likeness (QED) is 0.460. The molecule has 0 aromatic heterocycles. The molecule has 0 aliphatic heterocycles. The summed E-state index contributed by atoms with van der Waals surface area (Å²) >= 11 is 0. The third-order valence-corrected chi connectivity index (χ3v) is 2.35. The second kappa shape index (κ2) is 8.32. The SMILES string of the molecule is CC(C)C(NC(=O)NCCCCC(N)=O)C(=O)O. The Labute approximate surface area is 106 Å². The van der Waals surface area contributed by atoms with Crippen LogP contribution < -0.4 is 16.4 Å². The van der Waals surface area contributed by atoms with Gasteiger partial charge >= 0.3 is 12.0 Å². The first-order valence-electron chi connectivity index (χ1n) is 5.90. The number of carbonyl (C=O) groups excluding carboxylic acids is 2. The third kappa shape index (κ3) is 7.48. The van der Waals surface area contributed by atoms with Crippen LogP contribution in [0.4, 0.5) is 4.79 Å². The minimum absolute atomic E-state index is 0.192. The fraction of sp³-hybridized carbons (Fsp3) is 0.727. The van der Waals surface area contributed by atoms with Crippen LogP contribution in [0.5, 0.6) is 0 Å². The second-order valence-electron chi connectivity index (χ2n) is 4.38. The fourth-order valence-corrected chi connectivity index (χ4v) is 1.33. The van der Waals surface area contributed by atoms with Crippen molar-refractivity contribution in [3.05, 3.63) is 0 Å². The maximum absolute atomic E-state index is 11.4. The number of carboxylic acids is 1. The molecule has 1 unspecified atom stereocenters. The maximum Gasteiger partial charge on any atom is 0.326 e. The van der Waals surface area contributed by atoms with E-state index in [2.05, 4.69) is 10.6 Å². The van der Waals surface area contributed by atoms with Crippen LogP contribution in [0.3, 0.4) is 0 Å². The van der Waals surface area contributed by atoms with E-state index in [1.807, 2.05) is 0 Å². The molecule has 0 aliphatic rings. The molecule has 104 valence electrons. The maximum atomic E-state index is 11.4. The summed E-state index contributed by atoms with van der Waals surface area (Å²) in [6.07, 6.45) is 1.50. The molecule has 5 N–H and O–H groups in total. The van der Waals surface area contributed by atoms with E-state index in [0.717, 1.165) is 0 Å². The number of rotatable bonds is 8. The van der Waals surface area contributed by atoms with Gasteiger partial charge in [0.1, 0.15) is 6.04 Å². The standard InChI is InChI=1S/C11H21N3O4/c1-7(2)9(10(16)17)14-11(18)13-6-4-3-5-8(12)15/h7,9H,3-6H2,1-2H3,(H2,12,15)(H,16,17)(H2,13,14,18). The zero-order valence-corrected chi connectivity index (χ0v) is 10.7. The van der Waals surface area contributed by atoms with Crippen molar-refractivity contribution in [2.24, 2.45) is 11.7 Å². The molecule has 7 heteroatoms. The van der Waals surface area contributed by atoms with Crippen LogP contribution in [0.1, 0.15) is 33.1 Å². The van der Waals surface area contributed by atoms with Gasteiger partial charge in [-0.3, -0.25) is 4.79 Å². The highest BCUT2D eigenvalue weighted by atomic mass is 16.4. The molecule has 3 amide bonds. The topological polar surface area (TPSA) is 122 Å². The number of urea groups is 1. The molecule has 0 bridgehead atoms. The Morgan fingerprint density at radius 1 is 1.22 bits per heavy atom. The summed E-state index contributed by atoms with van der Waals surface area (Å²) in [5.41, 5.74) is 4.96. The molecule has 0 aliphatic carbocycles. The van der Waals surface area contributed by atoms with Gasteiger partial charge in [-0.05, 0) is 18.8 Å². The molecular formula is C11H21N3O4. The summed E-state index contributed by atoms with van der Waals surface area (Å²) in [5, 5.41) is 13.8. The van der Waals surface area contributed by atoms with Crippen molar-refractivity contribution in [2.45, 2.75) is 39.2 Å². The number of hydrogen-bond donors (Lipinski definition) is 4. The van der Waals surface area contributed by atoms with Gasteiger partial charge in [0.25, 0.3) is 0 Å². The third-order valence-electron chi connectivity index (χ3n) is 2.35. The summed E-state index contributed by atoms with van der Waals surface area (Å²) in [4.78, 5) is 32.7. The summed E-state index contributed by atoms with van der Waals surface area (Å²) in [6.45, 7) is 3.81. The predicted molar refractivity (Wildman–Crippen MR) is 65.8 cm³/mol. The molecule has 0 saturated heterocycles. The van der Waals surface area contributed by atoms with Gasteiger partial charge in [0, 0.05) is 13.0 Å². The smallest absolute Gasteiger partial charge is 0.326 e. The molecule has 0 aromatic carbocycles. The van der Waals surface area contributed by atoms with E-state index >= 15 is 0 Å². The van der Waals surface area contributed by atoms with Crippen molar-refractivity contribution in [3.63, 3.8) is 0 Å². The minimum Gasteiger partial charge on any atom is -0.480 e. The number of aliphatic carboxylic acids is 1. The Hall–Kier alpha value is -1.79. The average Bonchev–Trinajstić information content (AvgIpc) is 2.24. The zero-order chi connectivity index (χ0) is 14.1. The van der Waals surface area contributed by atoms with Crippen LogP contribution in [0.15, 0.2) is 0 Å². The van der Waals surface area contributed by atoms with Crippen molar-refractivity contribution >= 4 is 17.9 Å². The first-order valence-corrected chi connectivity index (χ1v) is 5.90. The van der Waals surface area contributed by atoms with Gasteiger partial charge in [-0.1, -0.05) is 13.8 Å². The van der Waals surface area contributed by atoms with Gasteiger partial charge in [-0.25, -0.2) is 9.59 Å². The van der Waals surface area contributed by atoms with Crippen LogP contribution in [0.2, 0.25) is 0 Å². The number of carbonyl (C=O) groups is 3. The molecule has 0 radical (unpaired) electrons. The van der Waals surface area contributed by atoms with Crippen LogP contribution in [0, 0.1) is 5.92 Å². The van der Waals surface area contributed by atoms with Crippen molar-refractivity contribution in [2.75, 3.05) is 6.54 Å². The van der Waals surface area contributed by atoms with E-state index in [4.69, 9.17) is 10.8 Å². The van der Waals surface area contributed by atoms with Gasteiger partial charge in [-0.15, -0.1) is 0 Å². The minimum atomic E-state index is -1.06. The molecular weight excluding hydrogens is 238 g/mol. The Bertz CT molecular complexity index is 305. The summed E-state index contributed by atoms with van der Waals surface area (Å²) in [5.74, 6) is -1.62. The van der Waals surface area contributed by atoms with E-state index in [1.54, 1.807) is 13.8 Å². The fourth-order valence-electron chi connectivity index (χ4n) is 1.33. The van der Waals surface area contributed by atoms with Crippen molar-refractivity contribution in [3.8, 4) is 0 Å². The van der Waals surface area contributed by atoms with E-state index in [-0.39, 0.29) is 18.2 Å². The number of unbranched alkanes of at least 4 members (excludes halogenated alkanes) is 1. The van der Waals surface area contributed by atoms with Crippen LogP contribution >= 0.6 is 0 Å². The summed E-state index contributed by atoms with van der Waals surface area (Å²) in [6, 6.07) is -1.43. The Morgan fingerprint density at radius 3 is 2.28 bits per heavy atom. The van der Waals surface area contributed by atoms with Crippen LogP contribution in [-0.4, -0.2) is 35.6 Å². The van der Waals surface area contributed by atoms with Gasteiger partial charge < -0.3 is 21.5 Å². The van der Waals surface area contributed by atoms with E-state index in [1.165, 1.54) is 0 Å². The molecule has 1 atom stereocenters. The molecule has 0 heterocycles. The highest BCUT2D eigenvalue weighted by molar-refractivity contribution is 5.82. The molecule has 0 saturated carbocycles. The van der Waals surface area contributed by atoms with E-state index < -0.39 is 18.0 Å². The van der Waals surface area contributed by atoms with Gasteiger partial charge in [-0.2, -0.15) is 0 Å². The number of amides is 3. The normalized spacial score (nSPS) is 11.9. The summed E-state index contributed by atoms with van der Waals surface area (Å²) < 4.78 is 0. The lowest BCUT2D eigenvalue weighted by atomic mass is 10.1. The average molecular weight is 259 g/mol. The van der Waals surface area contributed by atoms with Crippen LogP contribution in [0.25, 0.3) is 0 Å². The highest BCUT2D eigenvalue weighted by Crippen LogP contribution is 2.01. The Kier molecular flexibility index (Phi) is 7.50. The molecule has 7 nitrogen and oxygen atoms in total. The number of nitrogens with one attached hydrogen (secondary N) is 2. The number of carboxylic acid groups (broad SMARTS) is 1. The summed E-state index contributed by atoms with van der Waals surface area (Å²) in [7, 11) is 0. The molecule has 0 aromatic rings. The number of nitrogens with two attached hydrogens (primary N) is 1. The second-order valence-corrected chi connectivity index (χ2v) is 4.38. The number of hydrogen-bond acceptors (Lipinski definition) is 3. The van der Waals surface area contributed by atoms with Gasteiger partial charge in [0.05, 0.1) is 0 Å². The molecule has 0 fully saturated rings. The van der Waals surface area contributed by atoms with Gasteiger partial charge in [0.15, 0.2) is 0 Å². The van der Waals surface area contributed by atoms with E-state index in [0.29, 0.717) is 19.4 Å². The lowest BCUT2D eigenvalue weighted by Crippen LogP contribution is -2.48.